The lowest BCUT2D eigenvalue weighted by molar-refractivity contribution is 0.681. The number of fused-ring (bicyclic) bond motifs is 1. The average Bonchev–Trinajstić information content (AvgIpc) is 2.96. The fraction of sp³-hybridized carbons (Fsp3) is 0.417. The number of hydrazine groups is 1. The topological polar surface area (TPSA) is 66.7 Å². The van der Waals surface area contributed by atoms with Gasteiger partial charge in [0.05, 0.1) is 16.7 Å². The fourth-order valence-corrected chi connectivity index (χ4v) is 2.51. The first-order valence-corrected chi connectivity index (χ1v) is 5.83. The average molecular weight is 216 g/mol. The SMILES string of the molecule is NNc1ccc2nc(C3CCCC3)[nH]c2c1. The van der Waals surface area contributed by atoms with Crippen molar-refractivity contribution in [3.8, 4) is 0 Å². The van der Waals surface area contributed by atoms with Crippen LogP contribution in [-0.2, 0) is 0 Å². The third-order valence-electron chi connectivity index (χ3n) is 3.41. The van der Waals surface area contributed by atoms with Crippen LogP contribution >= 0.6 is 0 Å². The Hall–Kier alpha value is -1.55. The van der Waals surface area contributed by atoms with Gasteiger partial charge in [-0.25, -0.2) is 4.98 Å². The van der Waals surface area contributed by atoms with E-state index in [9.17, 15) is 0 Å². The molecule has 4 nitrogen and oxygen atoms in total. The highest BCUT2D eigenvalue weighted by atomic mass is 15.2. The number of nitrogens with two attached hydrogens (primary N) is 1. The van der Waals surface area contributed by atoms with Crippen molar-refractivity contribution in [2.45, 2.75) is 31.6 Å². The Bertz CT molecular complexity index is 497. The smallest absolute Gasteiger partial charge is 0.110 e. The minimum atomic E-state index is 0.627. The monoisotopic (exact) mass is 216 g/mol. The van der Waals surface area contributed by atoms with Crippen molar-refractivity contribution in [3.63, 3.8) is 0 Å². The number of nitrogen functional groups attached to an aromatic ring is 1. The molecule has 4 heteroatoms. The number of hydrogen-bond acceptors (Lipinski definition) is 3. The van der Waals surface area contributed by atoms with E-state index >= 15 is 0 Å². The number of aromatic amines is 1. The molecule has 1 heterocycles. The van der Waals surface area contributed by atoms with E-state index in [0.717, 1.165) is 22.5 Å². The molecule has 1 aliphatic rings. The fourth-order valence-electron chi connectivity index (χ4n) is 2.51. The normalized spacial score (nSPS) is 17.1. The Labute approximate surface area is 94.2 Å². The van der Waals surface area contributed by atoms with Crippen LogP contribution in [0.25, 0.3) is 11.0 Å². The highest BCUT2D eigenvalue weighted by Crippen LogP contribution is 2.33. The van der Waals surface area contributed by atoms with Crippen molar-refractivity contribution in [1.82, 2.24) is 9.97 Å². The second kappa shape index (κ2) is 3.79. The Morgan fingerprint density at radius 1 is 1.31 bits per heavy atom. The van der Waals surface area contributed by atoms with Crippen LogP contribution in [-0.4, -0.2) is 9.97 Å². The van der Waals surface area contributed by atoms with Crippen LogP contribution in [0.4, 0.5) is 5.69 Å². The van der Waals surface area contributed by atoms with E-state index < -0.39 is 0 Å². The second-order valence-electron chi connectivity index (χ2n) is 4.48. The quantitative estimate of drug-likeness (QED) is 0.533. The van der Waals surface area contributed by atoms with Gasteiger partial charge in [-0.15, -0.1) is 0 Å². The summed E-state index contributed by atoms with van der Waals surface area (Å²) in [5.74, 6) is 7.15. The third kappa shape index (κ3) is 1.55. The van der Waals surface area contributed by atoms with Crippen LogP contribution in [0, 0.1) is 0 Å². The molecule has 0 saturated heterocycles. The van der Waals surface area contributed by atoms with Gasteiger partial charge in [0.15, 0.2) is 0 Å². The maximum atomic E-state index is 5.39. The van der Waals surface area contributed by atoms with Gasteiger partial charge in [0.25, 0.3) is 0 Å². The van der Waals surface area contributed by atoms with Gasteiger partial charge in [-0.1, -0.05) is 12.8 Å². The number of anilines is 1. The minimum Gasteiger partial charge on any atom is -0.342 e. The number of imidazole rings is 1. The number of benzene rings is 1. The lowest BCUT2D eigenvalue weighted by Gasteiger charge is -2.02. The summed E-state index contributed by atoms with van der Waals surface area (Å²) in [5.41, 5.74) is 5.66. The predicted octanol–water partition coefficient (Wildman–Crippen LogP) is 2.51. The van der Waals surface area contributed by atoms with E-state index in [1.54, 1.807) is 0 Å². The molecule has 0 radical (unpaired) electrons. The van der Waals surface area contributed by atoms with Crippen molar-refractivity contribution < 1.29 is 0 Å². The molecule has 16 heavy (non-hydrogen) atoms. The van der Waals surface area contributed by atoms with E-state index in [2.05, 4.69) is 15.4 Å². The number of aromatic nitrogens is 2. The summed E-state index contributed by atoms with van der Waals surface area (Å²) in [7, 11) is 0. The van der Waals surface area contributed by atoms with Crippen LogP contribution in [0.15, 0.2) is 18.2 Å². The highest BCUT2D eigenvalue weighted by Gasteiger charge is 2.20. The Balaban J connectivity index is 2.01. The molecular formula is C12H16N4. The number of hydrogen-bond donors (Lipinski definition) is 3. The van der Waals surface area contributed by atoms with Gasteiger partial charge in [0.2, 0.25) is 0 Å². The van der Waals surface area contributed by atoms with E-state index in [4.69, 9.17) is 5.84 Å². The maximum absolute atomic E-state index is 5.39. The van der Waals surface area contributed by atoms with Gasteiger partial charge in [0, 0.05) is 5.92 Å². The van der Waals surface area contributed by atoms with Crippen molar-refractivity contribution in [2.24, 2.45) is 5.84 Å². The zero-order valence-electron chi connectivity index (χ0n) is 9.16. The molecule has 1 aromatic carbocycles. The molecule has 1 fully saturated rings. The van der Waals surface area contributed by atoms with Crippen molar-refractivity contribution in [3.05, 3.63) is 24.0 Å². The standard InChI is InChI=1S/C12H16N4/c13-16-9-5-6-10-11(7-9)15-12(14-10)8-3-1-2-4-8/h5-8,16H,1-4,13H2,(H,14,15). The highest BCUT2D eigenvalue weighted by molar-refractivity contribution is 5.79. The third-order valence-corrected chi connectivity index (χ3v) is 3.41. The summed E-state index contributed by atoms with van der Waals surface area (Å²) in [6, 6.07) is 5.95. The van der Waals surface area contributed by atoms with Gasteiger partial charge >= 0.3 is 0 Å². The van der Waals surface area contributed by atoms with Crippen molar-refractivity contribution in [1.29, 1.82) is 0 Å². The predicted molar refractivity (Wildman–Crippen MR) is 65.1 cm³/mol. The first-order valence-electron chi connectivity index (χ1n) is 5.83. The van der Waals surface area contributed by atoms with Gasteiger partial charge < -0.3 is 10.4 Å². The van der Waals surface area contributed by atoms with E-state index in [0.29, 0.717) is 5.92 Å². The molecule has 84 valence electrons. The van der Waals surface area contributed by atoms with Gasteiger partial charge in [-0.3, -0.25) is 5.84 Å². The van der Waals surface area contributed by atoms with Gasteiger partial charge in [-0.05, 0) is 31.0 Å². The molecule has 0 bridgehead atoms. The molecular weight excluding hydrogens is 200 g/mol. The zero-order valence-corrected chi connectivity index (χ0v) is 9.16. The summed E-state index contributed by atoms with van der Waals surface area (Å²) < 4.78 is 0. The number of rotatable bonds is 2. The Kier molecular flexibility index (Phi) is 2.29. The van der Waals surface area contributed by atoms with E-state index in [1.165, 1.54) is 25.7 Å². The molecule has 2 aromatic rings. The molecule has 0 aliphatic heterocycles. The summed E-state index contributed by atoms with van der Waals surface area (Å²) in [4.78, 5) is 8.05. The van der Waals surface area contributed by atoms with Crippen LogP contribution in [0.3, 0.4) is 0 Å². The number of nitrogens with zero attached hydrogens (tertiary/aromatic N) is 1. The molecule has 4 N–H and O–H groups in total. The molecule has 3 rings (SSSR count). The van der Waals surface area contributed by atoms with Crippen LogP contribution in [0.2, 0.25) is 0 Å². The first kappa shape index (κ1) is 9.66. The Morgan fingerprint density at radius 2 is 2.12 bits per heavy atom. The molecule has 0 unspecified atom stereocenters. The Morgan fingerprint density at radius 3 is 2.88 bits per heavy atom. The first-order chi connectivity index (χ1) is 7.86. The molecule has 0 amide bonds. The van der Waals surface area contributed by atoms with Crippen LogP contribution in [0.5, 0.6) is 0 Å². The van der Waals surface area contributed by atoms with Gasteiger partial charge in [-0.2, -0.15) is 0 Å². The lowest BCUT2D eigenvalue weighted by Crippen LogP contribution is -2.05. The number of H-pyrrole nitrogens is 1. The summed E-state index contributed by atoms with van der Waals surface area (Å²) in [6.07, 6.45) is 5.19. The van der Waals surface area contributed by atoms with E-state index in [-0.39, 0.29) is 0 Å². The maximum Gasteiger partial charge on any atom is 0.110 e. The largest absolute Gasteiger partial charge is 0.342 e. The van der Waals surface area contributed by atoms with E-state index in [1.807, 2.05) is 18.2 Å². The number of nitrogens with one attached hydrogen (secondary N) is 2. The molecule has 1 aliphatic carbocycles. The molecule has 0 spiro atoms. The van der Waals surface area contributed by atoms with Crippen molar-refractivity contribution in [2.75, 3.05) is 5.43 Å². The van der Waals surface area contributed by atoms with Crippen LogP contribution < -0.4 is 11.3 Å². The van der Waals surface area contributed by atoms with Crippen LogP contribution in [0.1, 0.15) is 37.4 Å². The molecule has 0 atom stereocenters. The van der Waals surface area contributed by atoms with Crippen molar-refractivity contribution >= 4 is 16.7 Å². The summed E-state index contributed by atoms with van der Waals surface area (Å²) in [5, 5.41) is 0. The lowest BCUT2D eigenvalue weighted by atomic mass is 10.1. The summed E-state index contributed by atoms with van der Waals surface area (Å²) >= 11 is 0. The zero-order chi connectivity index (χ0) is 11.0. The summed E-state index contributed by atoms with van der Waals surface area (Å²) in [6.45, 7) is 0. The molecule has 1 aromatic heterocycles. The molecule has 1 saturated carbocycles. The second-order valence-corrected chi connectivity index (χ2v) is 4.48. The van der Waals surface area contributed by atoms with Gasteiger partial charge in [0.1, 0.15) is 5.82 Å². The minimum absolute atomic E-state index is 0.627.